The third-order valence-electron chi connectivity index (χ3n) is 4.04. The highest BCUT2D eigenvalue weighted by atomic mass is 19.1. The normalized spacial score (nSPS) is 15.5. The quantitative estimate of drug-likeness (QED) is 0.674. The molecule has 0 atom stereocenters. The Balaban J connectivity index is 2.19. The topological polar surface area (TPSA) is 17.3 Å². The molecule has 1 aliphatic carbocycles. The number of halogens is 1. The van der Waals surface area contributed by atoms with Gasteiger partial charge in [0.25, 0.3) is 0 Å². The van der Waals surface area contributed by atoms with E-state index in [9.17, 15) is 4.39 Å². The molecular formula is C16H15FN2. The summed E-state index contributed by atoms with van der Waals surface area (Å²) in [6, 6.07) is 7.22. The molecule has 2 aromatic heterocycles. The molecule has 1 fully saturated rings. The third-order valence-corrected chi connectivity index (χ3v) is 4.04. The summed E-state index contributed by atoms with van der Waals surface area (Å²) in [6.45, 7) is 2.12. The highest BCUT2D eigenvalue weighted by Gasteiger charge is 2.27. The fraction of sp³-hybridized carbons (Fsp3) is 0.312. The molecule has 0 radical (unpaired) electrons. The Bertz CT molecular complexity index is 784. The number of benzene rings is 1. The van der Waals surface area contributed by atoms with Crippen molar-refractivity contribution in [2.24, 2.45) is 0 Å². The van der Waals surface area contributed by atoms with Crippen LogP contribution in [0.4, 0.5) is 4.39 Å². The van der Waals surface area contributed by atoms with Crippen molar-refractivity contribution in [1.29, 1.82) is 0 Å². The number of aryl methyl sites for hydroxylation is 1. The third kappa shape index (κ3) is 1.57. The van der Waals surface area contributed by atoms with E-state index in [1.54, 1.807) is 6.07 Å². The lowest BCUT2D eigenvalue weighted by Gasteiger charge is -2.09. The number of nitrogens with zero attached hydrogens (tertiary/aromatic N) is 2. The maximum absolute atomic E-state index is 13.5. The van der Waals surface area contributed by atoms with Gasteiger partial charge in [-0.25, -0.2) is 8.91 Å². The van der Waals surface area contributed by atoms with Gasteiger partial charge in [-0.15, -0.1) is 0 Å². The van der Waals surface area contributed by atoms with E-state index in [-0.39, 0.29) is 5.82 Å². The van der Waals surface area contributed by atoms with Gasteiger partial charge in [0, 0.05) is 17.0 Å². The zero-order valence-corrected chi connectivity index (χ0v) is 10.9. The molecule has 1 aromatic carbocycles. The minimum atomic E-state index is -0.183. The molecule has 0 saturated heterocycles. The summed E-state index contributed by atoms with van der Waals surface area (Å²) in [6.07, 6.45) is 5.32. The number of fused-ring (bicyclic) bond motifs is 3. The zero-order valence-electron chi connectivity index (χ0n) is 10.9. The van der Waals surface area contributed by atoms with E-state index >= 15 is 0 Å². The molecule has 3 heteroatoms. The lowest BCUT2D eigenvalue weighted by Crippen LogP contribution is -1.98. The summed E-state index contributed by atoms with van der Waals surface area (Å²) in [5.74, 6) is 0.443. The molecule has 3 aromatic rings. The van der Waals surface area contributed by atoms with Gasteiger partial charge >= 0.3 is 0 Å². The second-order valence-corrected chi connectivity index (χ2v) is 5.36. The molecule has 0 bridgehead atoms. The van der Waals surface area contributed by atoms with Crippen LogP contribution in [0.2, 0.25) is 0 Å². The molecule has 2 nitrogen and oxygen atoms in total. The minimum Gasteiger partial charge on any atom is -0.237 e. The van der Waals surface area contributed by atoms with Crippen LogP contribution >= 0.6 is 0 Å². The van der Waals surface area contributed by atoms with E-state index in [4.69, 9.17) is 0 Å². The summed E-state index contributed by atoms with van der Waals surface area (Å²) in [5.41, 5.74) is 3.55. The maximum atomic E-state index is 13.5. The van der Waals surface area contributed by atoms with Crippen LogP contribution in [-0.4, -0.2) is 9.61 Å². The molecule has 96 valence electrons. The monoisotopic (exact) mass is 254 g/mol. The van der Waals surface area contributed by atoms with Crippen molar-refractivity contribution < 1.29 is 4.39 Å². The van der Waals surface area contributed by atoms with Crippen LogP contribution < -0.4 is 0 Å². The summed E-state index contributed by atoms with van der Waals surface area (Å²) in [5, 5.41) is 6.61. The second kappa shape index (κ2) is 3.80. The molecule has 1 saturated carbocycles. The highest BCUT2D eigenvalue weighted by Crippen LogP contribution is 2.42. The van der Waals surface area contributed by atoms with E-state index in [1.165, 1.54) is 30.2 Å². The number of hydrogen-bond donors (Lipinski definition) is 0. The first-order chi connectivity index (χ1) is 9.28. The van der Waals surface area contributed by atoms with Crippen molar-refractivity contribution in [2.45, 2.75) is 32.1 Å². The SMILES string of the molecule is CCc1cnn2c(C3CC3)cc3ccc(F)cc3c12. The zero-order chi connectivity index (χ0) is 13.0. The van der Waals surface area contributed by atoms with Gasteiger partial charge in [0.05, 0.1) is 11.7 Å². The second-order valence-electron chi connectivity index (χ2n) is 5.36. The van der Waals surface area contributed by atoms with Gasteiger partial charge in [0.2, 0.25) is 0 Å². The molecule has 0 unspecified atom stereocenters. The Morgan fingerprint density at radius 3 is 2.89 bits per heavy atom. The molecular weight excluding hydrogens is 239 g/mol. The van der Waals surface area contributed by atoms with Gasteiger partial charge in [-0.3, -0.25) is 0 Å². The molecule has 0 aliphatic heterocycles. The number of pyridine rings is 1. The lowest BCUT2D eigenvalue weighted by atomic mass is 10.1. The average molecular weight is 254 g/mol. The molecule has 2 heterocycles. The van der Waals surface area contributed by atoms with Crippen molar-refractivity contribution in [3.05, 3.63) is 47.5 Å². The van der Waals surface area contributed by atoms with Crippen molar-refractivity contribution in [3.63, 3.8) is 0 Å². The first-order valence-corrected chi connectivity index (χ1v) is 6.86. The maximum Gasteiger partial charge on any atom is 0.123 e. The minimum absolute atomic E-state index is 0.183. The Kier molecular flexibility index (Phi) is 2.19. The van der Waals surface area contributed by atoms with Crippen LogP contribution in [0.5, 0.6) is 0 Å². The molecule has 19 heavy (non-hydrogen) atoms. The van der Waals surface area contributed by atoms with Gasteiger partial charge in [0.15, 0.2) is 0 Å². The first-order valence-electron chi connectivity index (χ1n) is 6.86. The van der Waals surface area contributed by atoms with Crippen molar-refractivity contribution >= 4 is 16.3 Å². The van der Waals surface area contributed by atoms with E-state index in [1.807, 2.05) is 16.8 Å². The summed E-state index contributed by atoms with van der Waals surface area (Å²) < 4.78 is 15.6. The van der Waals surface area contributed by atoms with E-state index in [0.29, 0.717) is 5.92 Å². The Morgan fingerprint density at radius 2 is 2.16 bits per heavy atom. The highest BCUT2D eigenvalue weighted by molar-refractivity contribution is 5.97. The van der Waals surface area contributed by atoms with Crippen LogP contribution in [0, 0.1) is 5.82 Å². The first kappa shape index (κ1) is 11.0. The smallest absolute Gasteiger partial charge is 0.123 e. The van der Waals surface area contributed by atoms with Crippen molar-refractivity contribution in [2.75, 3.05) is 0 Å². The summed E-state index contributed by atoms with van der Waals surface area (Å²) in [4.78, 5) is 0. The summed E-state index contributed by atoms with van der Waals surface area (Å²) in [7, 11) is 0. The fourth-order valence-corrected chi connectivity index (χ4v) is 2.87. The molecule has 0 spiro atoms. The molecule has 1 aliphatic rings. The fourth-order valence-electron chi connectivity index (χ4n) is 2.87. The number of hydrogen-bond acceptors (Lipinski definition) is 1. The summed E-state index contributed by atoms with van der Waals surface area (Å²) >= 11 is 0. The molecule has 0 N–H and O–H groups in total. The van der Waals surface area contributed by atoms with Gasteiger partial charge in [-0.2, -0.15) is 5.10 Å². The van der Waals surface area contributed by atoms with Gasteiger partial charge in [0.1, 0.15) is 5.82 Å². The van der Waals surface area contributed by atoms with E-state index in [2.05, 4.69) is 18.1 Å². The van der Waals surface area contributed by atoms with Crippen LogP contribution in [-0.2, 0) is 6.42 Å². The van der Waals surface area contributed by atoms with Crippen molar-refractivity contribution in [3.8, 4) is 0 Å². The Labute approximate surface area is 110 Å². The number of rotatable bonds is 2. The van der Waals surface area contributed by atoms with E-state index in [0.717, 1.165) is 22.7 Å². The van der Waals surface area contributed by atoms with Crippen LogP contribution in [0.1, 0.15) is 36.9 Å². The average Bonchev–Trinajstić information content (AvgIpc) is 3.16. The lowest BCUT2D eigenvalue weighted by molar-refractivity contribution is 0.629. The largest absolute Gasteiger partial charge is 0.237 e. The van der Waals surface area contributed by atoms with Crippen LogP contribution in [0.3, 0.4) is 0 Å². The standard InChI is InChI=1S/C16H15FN2/c1-2-10-9-18-19-15(11-3-4-11)7-12-5-6-13(17)8-14(12)16(10)19/h5-9,11H,2-4H2,1H3. The van der Waals surface area contributed by atoms with Crippen LogP contribution in [0.15, 0.2) is 30.5 Å². The Morgan fingerprint density at radius 1 is 1.32 bits per heavy atom. The van der Waals surface area contributed by atoms with Gasteiger partial charge in [-0.05, 0) is 48.4 Å². The number of aromatic nitrogens is 2. The predicted molar refractivity (Wildman–Crippen MR) is 74.0 cm³/mol. The molecule has 0 amide bonds. The predicted octanol–water partition coefficient (Wildman–Crippen LogP) is 4.07. The van der Waals surface area contributed by atoms with E-state index < -0.39 is 0 Å². The van der Waals surface area contributed by atoms with Gasteiger partial charge in [-0.1, -0.05) is 13.0 Å². The van der Waals surface area contributed by atoms with Crippen LogP contribution in [0.25, 0.3) is 16.3 Å². The van der Waals surface area contributed by atoms with Crippen molar-refractivity contribution in [1.82, 2.24) is 9.61 Å². The molecule has 4 rings (SSSR count). The van der Waals surface area contributed by atoms with Gasteiger partial charge < -0.3 is 0 Å². The Hall–Kier alpha value is -1.90.